The lowest BCUT2D eigenvalue weighted by Gasteiger charge is -2.21. The number of Topliss-reactive ketones (excluding diaryl/α,β-unsaturated/α-hetero) is 1. The lowest BCUT2D eigenvalue weighted by molar-refractivity contribution is -0.135. The van der Waals surface area contributed by atoms with Crippen molar-refractivity contribution in [3.8, 4) is 5.75 Å². The molecule has 2 aromatic carbocycles. The van der Waals surface area contributed by atoms with Crippen molar-refractivity contribution in [1.29, 1.82) is 0 Å². The molecular formula is C19H16ClNO4. The predicted molar refractivity (Wildman–Crippen MR) is 93.0 cm³/mol. The molecule has 0 unspecified atom stereocenters. The van der Waals surface area contributed by atoms with Gasteiger partial charge in [0.2, 0.25) is 0 Å². The highest BCUT2D eigenvalue weighted by atomic mass is 35.5. The normalized spacial score (nSPS) is 16.9. The van der Waals surface area contributed by atoms with E-state index in [4.69, 9.17) is 16.3 Å². The molecule has 5 nitrogen and oxygen atoms in total. The smallest absolute Gasteiger partial charge is 0.270 e. The summed E-state index contributed by atoms with van der Waals surface area (Å²) >= 11 is 5.82. The number of fused-ring (bicyclic) bond motifs is 1. The minimum atomic E-state index is -0.800. The van der Waals surface area contributed by atoms with E-state index in [2.05, 4.69) is 0 Å². The SMILES string of the molecule is CC[C@@H]1Oc2ccccc2C(=O)N(CC(=O)c2ccc(Cl)cc2)C1=O. The standard InChI is InChI=1S/C19H16ClNO4/c1-2-16-19(24)21(11-15(22)12-7-9-13(20)10-8-12)18(23)14-5-3-4-6-17(14)25-16/h3-10,16H,2,11H2,1H3/t16-/m0/s1. The van der Waals surface area contributed by atoms with Gasteiger partial charge < -0.3 is 4.74 Å². The maximum atomic E-state index is 12.8. The Hall–Kier alpha value is -2.66. The first-order valence-electron chi connectivity index (χ1n) is 7.91. The number of rotatable bonds is 4. The molecule has 128 valence electrons. The molecule has 0 fully saturated rings. The van der Waals surface area contributed by atoms with Gasteiger partial charge in [0.25, 0.3) is 11.8 Å². The van der Waals surface area contributed by atoms with Gasteiger partial charge in [-0.05, 0) is 42.8 Å². The fourth-order valence-electron chi connectivity index (χ4n) is 2.65. The van der Waals surface area contributed by atoms with Crippen LogP contribution in [0, 0.1) is 0 Å². The number of ketones is 1. The summed E-state index contributed by atoms with van der Waals surface area (Å²) in [5, 5.41) is 0.506. The van der Waals surface area contributed by atoms with Crippen LogP contribution in [0.25, 0.3) is 0 Å². The zero-order chi connectivity index (χ0) is 18.0. The molecule has 3 rings (SSSR count). The lowest BCUT2D eigenvalue weighted by Crippen LogP contribution is -2.45. The van der Waals surface area contributed by atoms with Crippen molar-refractivity contribution in [3.05, 3.63) is 64.7 Å². The first kappa shape index (κ1) is 17.2. The highest BCUT2D eigenvalue weighted by Gasteiger charge is 2.36. The number of amides is 2. The number of ether oxygens (including phenoxy) is 1. The van der Waals surface area contributed by atoms with Gasteiger partial charge in [-0.15, -0.1) is 0 Å². The van der Waals surface area contributed by atoms with Gasteiger partial charge in [0.05, 0.1) is 12.1 Å². The molecule has 0 radical (unpaired) electrons. The Bertz CT molecular complexity index is 832. The van der Waals surface area contributed by atoms with Crippen LogP contribution < -0.4 is 4.74 Å². The van der Waals surface area contributed by atoms with E-state index >= 15 is 0 Å². The van der Waals surface area contributed by atoms with Gasteiger partial charge >= 0.3 is 0 Å². The Morgan fingerprint density at radius 1 is 1.12 bits per heavy atom. The molecule has 0 bridgehead atoms. The number of nitrogens with zero attached hydrogens (tertiary/aromatic N) is 1. The third kappa shape index (κ3) is 3.42. The van der Waals surface area contributed by atoms with E-state index in [9.17, 15) is 14.4 Å². The maximum Gasteiger partial charge on any atom is 0.270 e. The quantitative estimate of drug-likeness (QED) is 0.621. The van der Waals surface area contributed by atoms with E-state index in [1.807, 2.05) is 0 Å². The van der Waals surface area contributed by atoms with Gasteiger partial charge in [0.1, 0.15) is 5.75 Å². The second kappa shape index (κ2) is 7.07. The largest absolute Gasteiger partial charge is 0.480 e. The van der Waals surface area contributed by atoms with E-state index in [-0.39, 0.29) is 17.9 Å². The monoisotopic (exact) mass is 357 g/mol. The number of hydrogen-bond donors (Lipinski definition) is 0. The highest BCUT2D eigenvalue weighted by molar-refractivity contribution is 6.30. The van der Waals surface area contributed by atoms with Crippen LogP contribution in [-0.4, -0.2) is 35.1 Å². The summed E-state index contributed by atoms with van der Waals surface area (Å²) in [6.45, 7) is 1.45. The average molecular weight is 358 g/mol. The molecule has 1 heterocycles. The van der Waals surface area contributed by atoms with Crippen molar-refractivity contribution in [3.63, 3.8) is 0 Å². The van der Waals surface area contributed by atoms with Crippen molar-refractivity contribution < 1.29 is 19.1 Å². The van der Waals surface area contributed by atoms with Crippen molar-refractivity contribution in [1.82, 2.24) is 4.90 Å². The summed E-state index contributed by atoms with van der Waals surface area (Å²) in [4.78, 5) is 38.9. The number of para-hydroxylation sites is 1. The Balaban J connectivity index is 1.93. The van der Waals surface area contributed by atoms with Crippen LogP contribution in [-0.2, 0) is 4.79 Å². The van der Waals surface area contributed by atoms with E-state index in [1.54, 1.807) is 55.5 Å². The van der Waals surface area contributed by atoms with Gasteiger partial charge in [-0.3, -0.25) is 19.3 Å². The van der Waals surface area contributed by atoms with E-state index in [0.717, 1.165) is 4.90 Å². The van der Waals surface area contributed by atoms with Crippen LogP contribution in [0.3, 0.4) is 0 Å². The van der Waals surface area contributed by atoms with Crippen molar-refractivity contribution in [2.45, 2.75) is 19.4 Å². The molecule has 25 heavy (non-hydrogen) atoms. The van der Waals surface area contributed by atoms with Gasteiger partial charge in [0, 0.05) is 10.6 Å². The summed E-state index contributed by atoms with van der Waals surface area (Å²) < 4.78 is 5.68. The molecule has 2 aromatic rings. The third-order valence-electron chi connectivity index (χ3n) is 4.01. The second-order valence-corrected chi connectivity index (χ2v) is 6.11. The molecule has 0 saturated heterocycles. The van der Waals surface area contributed by atoms with Crippen LogP contribution in [0.2, 0.25) is 5.02 Å². The molecule has 1 aliphatic heterocycles. The van der Waals surface area contributed by atoms with Crippen molar-refractivity contribution in [2.24, 2.45) is 0 Å². The molecule has 0 aliphatic carbocycles. The minimum absolute atomic E-state index is 0.274. The molecule has 0 saturated carbocycles. The molecule has 0 spiro atoms. The molecule has 6 heteroatoms. The summed E-state index contributed by atoms with van der Waals surface area (Å²) in [7, 11) is 0. The van der Waals surface area contributed by atoms with Gasteiger partial charge in [-0.1, -0.05) is 30.7 Å². The number of imide groups is 1. The molecule has 2 amide bonds. The van der Waals surface area contributed by atoms with Crippen LogP contribution in [0.5, 0.6) is 5.75 Å². The minimum Gasteiger partial charge on any atom is -0.480 e. The fraction of sp³-hybridized carbons (Fsp3) is 0.211. The maximum absolute atomic E-state index is 12.8. The Labute approximate surface area is 150 Å². The summed E-state index contributed by atoms with van der Waals surface area (Å²) in [6, 6.07) is 13.0. The summed E-state index contributed by atoms with van der Waals surface area (Å²) in [6.07, 6.45) is -0.405. The molecule has 0 aromatic heterocycles. The van der Waals surface area contributed by atoms with E-state index < -0.39 is 17.9 Å². The average Bonchev–Trinajstić information content (AvgIpc) is 2.72. The Kier molecular flexibility index (Phi) is 4.86. The van der Waals surface area contributed by atoms with Gasteiger partial charge in [0.15, 0.2) is 11.9 Å². The number of carbonyl (C=O) groups excluding carboxylic acids is 3. The number of carbonyl (C=O) groups is 3. The van der Waals surface area contributed by atoms with Crippen molar-refractivity contribution >= 4 is 29.2 Å². The van der Waals surface area contributed by atoms with E-state index in [1.165, 1.54) is 0 Å². The van der Waals surface area contributed by atoms with Crippen LogP contribution in [0.15, 0.2) is 48.5 Å². The first-order chi connectivity index (χ1) is 12.0. The van der Waals surface area contributed by atoms with Crippen LogP contribution in [0.1, 0.15) is 34.1 Å². The zero-order valence-electron chi connectivity index (χ0n) is 13.6. The Morgan fingerprint density at radius 3 is 2.48 bits per heavy atom. The molecule has 0 N–H and O–H groups in total. The van der Waals surface area contributed by atoms with Crippen LogP contribution >= 0.6 is 11.6 Å². The van der Waals surface area contributed by atoms with Gasteiger partial charge in [-0.2, -0.15) is 0 Å². The summed E-state index contributed by atoms with van der Waals surface area (Å²) in [5.41, 5.74) is 0.659. The highest BCUT2D eigenvalue weighted by Crippen LogP contribution is 2.26. The lowest BCUT2D eigenvalue weighted by atomic mass is 10.1. The zero-order valence-corrected chi connectivity index (χ0v) is 14.3. The fourth-order valence-corrected chi connectivity index (χ4v) is 2.77. The van der Waals surface area contributed by atoms with E-state index in [0.29, 0.717) is 22.8 Å². The first-order valence-corrected chi connectivity index (χ1v) is 8.29. The second-order valence-electron chi connectivity index (χ2n) is 5.67. The molecular weight excluding hydrogens is 342 g/mol. The Morgan fingerprint density at radius 2 is 1.80 bits per heavy atom. The number of benzene rings is 2. The van der Waals surface area contributed by atoms with Gasteiger partial charge in [-0.25, -0.2) is 0 Å². The predicted octanol–water partition coefficient (Wildman–Crippen LogP) is 3.36. The topological polar surface area (TPSA) is 63.7 Å². The summed E-state index contributed by atoms with van der Waals surface area (Å²) in [5.74, 6) is -1.02. The third-order valence-corrected chi connectivity index (χ3v) is 4.26. The number of hydrogen-bond acceptors (Lipinski definition) is 4. The molecule has 1 aliphatic rings. The van der Waals surface area contributed by atoms with Crippen molar-refractivity contribution in [2.75, 3.05) is 6.54 Å². The molecule has 1 atom stereocenters. The van der Waals surface area contributed by atoms with Crippen LogP contribution in [0.4, 0.5) is 0 Å². The number of halogens is 1.